The van der Waals surface area contributed by atoms with Crippen molar-refractivity contribution in [1.29, 1.82) is 0 Å². The van der Waals surface area contributed by atoms with Crippen molar-refractivity contribution in [3.05, 3.63) is 12.2 Å². The summed E-state index contributed by atoms with van der Waals surface area (Å²) in [7, 11) is 0. The molecule has 1 aliphatic rings. The molecule has 30 heavy (non-hydrogen) atoms. The molecule has 1 heterocycles. The summed E-state index contributed by atoms with van der Waals surface area (Å²) in [5, 5.41) is 14.0. The van der Waals surface area contributed by atoms with Gasteiger partial charge in [-0.1, -0.05) is 26.0 Å². The van der Waals surface area contributed by atoms with E-state index >= 15 is 0 Å². The third-order valence-corrected chi connectivity index (χ3v) is 4.51. The lowest BCUT2D eigenvalue weighted by Crippen LogP contribution is -2.54. The minimum Gasteiger partial charge on any atom is -0.480 e. The van der Waals surface area contributed by atoms with Gasteiger partial charge >= 0.3 is 5.97 Å². The van der Waals surface area contributed by atoms with Gasteiger partial charge in [0.1, 0.15) is 12.1 Å². The standard InChI is InChI=1S/C18H31N7O5/c1-10(2)14(19)16(28)25-8-4-6-12(25)15(27)23-9-13(26)24-11(17(29)30)5-3-7-22-18(20)21/h4,6,10-12,14H,3,5,7-9,19H2,1-2H3,(H,23,27)(H,24,26)(H,29,30)(H4,20,21,22)/t11-,12-,14-/m0/s1. The van der Waals surface area contributed by atoms with Gasteiger partial charge in [0.15, 0.2) is 5.96 Å². The Labute approximate surface area is 174 Å². The molecule has 0 aromatic carbocycles. The second kappa shape index (κ2) is 11.8. The molecule has 0 unspecified atom stereocenters. The Balaban J connectivity index is 2.54. The highest BCUT2D eigenvalue weighted by molar-refractivity contribution is 5.94. The van der Waals surface area contributed by atoms with E-state index in [-0.39, 0.29) is 37.3 Å². The highest BCUT2D eigenvalue weighted by atomic mass is 16.4. The van der Waals surface area contributed by atoms with Crippen molar-refractivity contribution in [3.63, 3.8) is 0 Å². The number of nitrogens with one attached hydrogen (secondary N) is 2. The van der Waals surface area contributed by atoms with Crippen LogP contribution in [-0.4, -0.2) is 77.4 Å². The number of hydrogen-bond acceptors (Lipinski definition) is 6. The Kier molecular flexibility index (Phi) is 9.75. The zero-order valence-corrected chi connectivity index (χ0v) is 17.2. The van der Waals surface area contributed by atoms with Crippen LogP contribution in [0.2, 0.25) is 0 Å². The third kappa shape index (κ3) is 7.70. The first-order valence-electron chi connectivity index (χ1n) is 9.62. The zero-order valence-electron chi connectivity index (χ0n) is 17.2. The lowest BCUT2D eigenvalue weighted by atomic mass is 10.0. The number of carboxylic acid groups (broad SMARTS) is 1. The monoisotopic (exact) mass is 425 g/mol. The van der Waals surface area contributed by atoms with E-state index in [9.17, 15) is 24.3 Å². The molecule has 3 amide bonds. The van der Waals surface area contributed by atoms with Gasteiger partial charge in [-0.2, -0.15) is 0 Å². The highest BCUT2D eigenvalue weighted by Gasteiger charge is 2.34. The number of aliphatic carboxylic acids is 1. The molecule has 0 radical (unpaired) electrons. The van der Waals surface area contributed by atoms with Crippen LogP contribution in [0.15, 0.2) is 17.1 Å². The van der Waals surface area contributed by atoms with Gasteiger partial charge in [0.2, 0.25) is 17.7 Å². The molecule has 9 N–H and O–H groups in total. The molecule has 168 valence electrons. The summed E-state index contributed by atoms with van der Waals surface area (Å²) in [6, 6.07) is -2.75. The maximum Gasteiger partial charge on any atom is 0.326 e. The average Bonchev–Trinajstić information content (AvgIpc) is 3.16. The fourth-order valence-corrected chi connectivity index (χ4v) is 2.73. The van der Waals surface area contributed by atoms with E-state index in [1.807, 2.05) is 13.8 Å². The van der Waals surface area contributed by atoms with Crippen molar-refractivity contribution in [2.24, 2.45) is 28.1 Å². The number of carbonyl (C=O) groups is 4. The average molecular weight is 425 g/mol. The second-order valence-electron chi connectivity index (χ2n) is 7.26. The molecule has 0 aromatic heterocycles. The fourth-order valence-electron chi connectivity index (χ4n) is 2.73. The van der Waals surface area contributed by atoms with E-state index in [0.29, 0.717) is 6.42 Å². The summed E-state index contributed by atoms with van der Waals surface area (Å²) in [6.45, 7) is 3.66. The Morgan fingerprint density at radius 2 is 1.93 bits per heavy atom. The zero-order chi connectivity index (χ0) is 22.8. The van der Waals surface area contributed by atoms with Gasteiger partial charge in [0.05, 0.1) is 12.6 Å². The molecule has 0 saturated heterocycles. The smallest absolute Gasteiger partial charge is 0.326 e. The Hall–Kier alpha value is -3.15. The van der Waals surface area contributed by atoms with Gasteiger partial charge in [-0.3, -0.25) is 19.4 Å². The highest BCUT2D eigenvalue weighted by Crippen LogP contribution is 2.14. The van der Waals surface area contributed by atoms with E-state index in [2.05, 4.69) is 15.6 Å². The Bertz CT molecular complexity index is 703. The molecular weight excluding hydrogens is 394 g/mol. The predicted octanol–water partition coefficient (Wildman–Crippen LogP) is -2.52. The number of nitrogens with zero attached hydrogens (tertiary/aromatic N) is 2. The first-order valence-corrected chi connectivity index (χ1v) is 9.62. The number of guanidine groups is 1. The van der Waals surface area contributed by atoms with E-state index in [1.165, 1.54) is 4.90 Å². The van der Waals surface area contributed by atoms with Crippen LogP contribution < -0.4 is 27.8 Å². The largest absolute Gasteiger partial charge is 0.480 e. The molecule has 3 atom stereocenters. The lowest BCUT2D eigenvalue weighted by molar-refractivity contribution is -0.142. The minimum absolute atomic E-state index is 0.0903. The summed E-state index contributed by atoms with van der Waals surface area (Å²) >= 11 is 0. The number of amides is 3. The van der Waals surface area contributed by atoms with Crippen molar-refractivity contribution in [3.8, 4) is 0 Å². The van der Waals surface area contributed by atoms with Crippen LogP contribution in [0.25, 0.3) is 0 Å². The molecule has 1 rings (SSSR count). The molecule has 0 saturated carbocycles. The van der Waals surface area contributed by atoms with Crippen molar-refractivity contribution in [2.75, 3.05) is 19.6 Å². The van der Waals surface area contributed by atoms with E-state index in [1.54, 1.807) is 12.2 Å². The van der Waals surface area contributed by atoms with Gasteiger partial charge in [-0.25, -0.2) is 4.79 Å². The topological polar surface area (TPSA) is 206 Å². The van der Waals surface area contributed by atoms with Crippen LogP contribution >= 0.6 is 0 Å². The lowest BCUT2D eigenvalue weighted by Gasteiger charge is -2.28. The summed E-state index contributed by atoms with van der Waals surface area (Å²) in [5.41, 5.74) is 16.3. The molecule has 0 fully saturated rings. The quantitative estimate of drug-likeness (QED) is 0.0898. The molecule has 1 aliphatic heterocycles. The van der Waals surface area contributed by atoms with Gasteiger partial charge in [-0.05, 0) is 18.8 Å². The molecule has 0 spiro atoms. The van der Waals surface area contributed by atoms with Crippen LogP contribution in [0.5, 0.6) is 0 Å². The van der Waals surface area contributed by atoms with Gasteiger partial charge in [0, 0.05) is 13.1 Å². The number of carboxylic acids is 1. The summed E-state index contributed by atoms with van der Waals surface area (Å²) in [5.74, 6) is -2.98. The number of rotatable bonds is 11. The van der Waals surface area contributed by atoms with Gasteiger partial charge in [0.25, 0.3) is 0 Å². The summed E-state index contributed by atoms with van der Waals surface area (Å²) in [4.78, 5) is 53.3. The normalized spacial score (nSPS) is 17.3. The first-order chi connectivity index (χ1) is 14.0. The first kappa shape index (κ1) is 24.9. The molecule has 12 heteroatoms. The van der Waals surface area contributed by atoms with E-state index < -0.39 is 42.5 Å². The maximum atomic E-state index is 12.4. The fraction of sp³-hybridized carbons (Fsp3) is 0.611. The summed E-state index contributed by atoms with van der Waals surface area (Å²) in [6.07, 6.45) is 3.70. The van der Waals surface area contributed by atoms with Crippen LogP contribution in [0.3, 0.4) is 0 Å². The number of nitrogens with two attached hydrogens (primary N) is 3. The van der Waals surface area contributed by atoms with Crippen molar-refractivity contribution in [2.45, 2.75) is 44.8 Å². The van der Waals surface area contributed by atoms with Crippen molar-refractivity contribution in [1.82, 2.24) is 15.5 Å². The van der Waals surface area contributed by atoms with Crippen LogP contribution in [-0.2, 0) is 19.2 Å². The number of carbonyl (C=O) groups excluding carboxylic acids is 3. The Morgan fingerprint density at radius 3 is 2.50 bits per heavy atom. The summed E-state index contributed by atoms with van der Waals surface area (Å²) < 4.78 is 0. The maximum absolute atomic E-state index is 12.4. The molecule has 0 bridgehead atoms. The van der Waals surface area contributed by atoms with Crippen molar-refractivity contribution >= 4 is 29.7 Å². The van der Waals surface area contributed by atoms with E-state index in [4.69, 9.17) is 17.2 Å². The molecule has 12 nitrogen and oxygen atoms in total. The minimum atomic E-state index is -1.21. The van der Waals surface area contributed by atoms with E-state index in [0.717, 1.165) is 0 Å². The second-order valence-corrected chi connectivity index (χ2v) is 7.26. The molecular formula is C18H31N7O5. The van der Waals surface area contributed by atoms with Gasteiger partial charge in [-0.15, -0.1) is 0 Å². The van der Waals surface area contributed by atoms with Crippen molar-refractivity contribution < 1.29 is 24.3 Å². The Morgan fingerprint density at radius 1 is 1.27 bits per heavy atom. The SMILES string of the molecule is CC(C)[C@H](N)C(=O)N1CC=C[C@H]1C(=O)NCC(=O)N[C@@H](CCCN=C(N)N)C(=O)O. The van der Waals surface area contributed by atoms with Gasteiger partial charge < -0.3 is 37.8 Å². The number of aliphatic imine (C=N–C) groups is 1. The third-order valence-electron chi connectivity index (χ3n) is 4.51. The molecule has 0 aliphatic carbocycles. The van der Waals surface area contributed by atoms with Crippen LogP contribution in [0, 0.1) is 5.92 Å². The number of hydrogen-bond donors (Lipinski definition) is 6. The van der Waals surface area contributed by atoms with Crippen LogP contribution in [0.4, 0.5) is 0 Å². The predicted molar refractivity (Wildman–Crippen MR) is 110 cm³/mol. The van der Waals surface area contributed by atoms with Crippen LogP contribution in [0.1, 0.15) is 26.7 Å². The molecule has 0 aromatic rings.